The van der Waals surface area contributed by atoms with Crippen LogP contribution in [-0.2, 0) is 40.4 Å². The number of piperazine rings is 1. The second-order valence-electron chi connectivity index (χ2n) is 17.2. The fraction of sp³-hybridized carbons (Fsp3) is 0.391. The molecule has 4 amide bonds. The minimum absolute atomic E-state index is 0.109. The van der Waals surface area contributed by atoms with Crippen molar-refractivity contribution in [2.45, 2.75) is 75.8 Å². The van der Waals surface area contributed by atoms with E-state index in [0.717, 1.165) is 29.9 Å². The molecule has 3 saturated heterocycles. The summed E-state index contributed by atoms with van der Waals surface area (Å²) in [6.45, 7) is 3.49. The Morgan fingerprint density at radius 1 is 0.938 bits per heavy atom. The van der Waals surface area contributed by atoms with E-state index in [1.807, 2.05) is 33.7 Å². The van der Waals surface area contributed by atoms with Gasteiger partial charge in [-0.25, -0.2) is 23.1 Å². The van der Waals surface area contributed by atoms with Crippen molar-refractivity contribution in [3.05, 3.63) is 112 Å². The van der Waals surface area contributed by atoms with Gasteiger partial charge in [0.2, 0.25) is 11.8 Å². The van der Waals surface area contributed by atoms with Crippen molar-refractivity contribution >= 4 is 51.5 Å². The average molecular weight is 893 g/mol. The molecule has 5 aliphatic heterocycles. The maximum atomic E-state index is 16.0. The number of anilines is 3. The van der Waals surface area contributed by atoms with Gasteiger partial charge in [-0.2, -0.15) is 0 Å². The van der Waals surface area contributed by atoms with Crippen molar-refractivity contribution in [3.63, 3.8) is 0 Å². The van der Waals surface area contributed by atoms with Crippen LogP contribution in [0.25, 0.3) is 11.1 Å². The zero-order valence-electron chi connectivity index (χ0n) is 34.9. The van der Waals surface area contributed by atoms with Gasteiger partial charge in [0.05, 0.1) is 31.2 Å². The molecule has 2 aromatic heterocycles. The standard InChI is InChI=1S/C46H47F3N10O4S/c47-34-23-30(22-32-33(34)25-59(44(32)63)41(43(62)54-45-50-14-21-64-45)40-37-6-3-15-58(37)27-51-40)28-7-9-31(10-8-28)57-16-13-38(46(48,49)26-57)56-19-17-55(18-20-56)24-29-4-1-2-5-35(29)52-36-11-12-39(60)53-42(36)61/h1-2,4-5,7-10,14,21-23,27,36,38,41,52H,3,6,11-13,15-20,24-26H2,(H,50,54,62)(H,53,60,61). The van der Waals surface area contributed by atoms with Crippen molar-refractivity contribution in [2.75, 3.05) is 54.8 Å². The number of fused-ring (bicyclic) bond motifs is 2. The zero-order valence-corrected chi connectivity index (χ0v) is 35.8. The van der Waals surface area contributed by atoms with Crippen LogP contribution in [0.5, 0.6) is 0 Å². The van der Waals surface area contributed by atoms with Crippen molar-refractivity contribution in [1.82, 2.24) is 34.6 Å². The van der Waals surface area contributed by atoms with E-state index in [1.54, 1.807) is 53.1 Å². The van der Waals surface area contributed by atoms with Crippen LogP contribution in [0.3, 0.4) is 0 Å². The minimum Gasteiger partial charge on any atom is -0.373 e. The molecule has 0 aliphatic carbocycles. The zero-order chi connectivity index (χ0) is 44.1. The van der Waals surface area contributed by atoms with Crippen molar-refractivity contribution in [3.8, 4) is 11.1 Å². The minimum atomic E-state index is -2.97. The topological polar surface area (TPSA) is 148 Å². The summed E-state index contributed by atoms with van der Waals surface area (Å²) in [5, 5.41) is 10.6. The van der Waals surface area contributed by atoms with Gasteiger partial charge in [-0.1, -0.05) is 30.3 Å². The smallest absolute Gasteiger partial charge is 0.280 e. The number of carbonyl (C=O) groups excluding carboxylic acids is 4. The van der Waals surface area contributed by atoms with Crippen molar-refractivity contribution < 1.29 is 32.3 Å². The van der Waals surface area contributed by atoms with Crippen LogP contribution >= 0.6 is 11.3 Å². The van der Waals surface area contributed by atoms with Crippen LogP contribution in [0.2, 0.25) is 0 Å². The lowest BCUT2D eigenvalue weighted by molar-refractivity contribution is -0.133. The van der Waals surface area contributed by atoms with Gasteiger partial charge < -0.3 is 19.7 Å². The summed E-state index contributed by atoms with van der Waals surface area (Å²) in [7, 11) is 0. The third-order valence-corrected chi connectivity index (χ3v) is 13.9. The molecular weight excluding hydrogens is 846 g/mol. The van der Waals surface area contributed by atoms with Gasteiger partial charge in [-0.3, -0.25) is 39.6 Å². The number of imide groups is 1. The fourth-order valence-corrected chi connectivity index (χ4v) is 10.5. The van der Waals surface area contributed by atoms with Crippen molar-refractivity contribution in [2.24, 2.45) is 0 Å². The van der Waals surface area contributed by atoms with Gasteiger partial charge in [0, 0.05) is 92.0 Å². The first-order valence-electron chi connectivity index (χ1n) is 21.7. The van der Waals surface area contributed by atoms with E-state index in [0.29, 0.717) is 79.7 Å². The Hall–Kier alpha value is -6.11. The quantitative estimate of drug-likeness (QED) is 0.142. The van der Waals surface area contributed by atoms with E-state index >= 15 is 13.2 Å². The molecule has 3 atom stereocenters. The van der Waals surface area contributed by atoms with Gasteiger partial charge in [0.25, 0.3) is 17.7 Å². The number of imidazole rings is 1. The third-order valence-electron chi connectivity index (χ3n) is 13.2. The molecule has 0 spiro atoms. The molecule has 10 rings (SSSR count). The molecule has 0 bridgehead atoms. The number of alkyl halides is 2. The number of amides is 4. The number of benzene rings is 3. The molecule has 5 aromatic rings. The summed E-state index contributed by atoms with van der Waals surface area (Å²) in [4.78, 5) is 67.9. The van der Waals surface area contributed by atoms with Gasteiger partial charge in [-0.15, -0.1) is 11.3 Å². The number of aryl methyl sites for hydroxylation is 1. The molecule has 3 unspecified atom stereocenters. The Bertz CT molecular complexity index is 2600. The van der Waals surface area contributed by atoms with E-state index in [2.05, 4.69) is 30.8 Å². The highest BCUT2D eigenvalue weighted by molar-refractivity contribution is 7.13. The summed E-state index contributed by atoms with van der Waals surface area (Å²) in [6, 6.07) is 15.3. The highest BCUT2D eigenvalue weighted by atomic mass is 32.1. The highest BCUT2D eigenvalue weighted by Crippen LogP contribution is 2.39. The van der Waals surface area contributed by atoms with E-state index in [9.17, 15) is 19.2 Å². The second-order valence-corrected chi connectivity index (χ2v) is 18.1. The number of thiazole rings is 1. The largest absolute Gasteiger partial charge is 0.373 e. The molecule has 3 N–H and O–H groups in total. The number of hydrogen-bond acceptors (Lipinski definition) is 11. The maximum Gasteiger partial charge on any atom is 0.280 e. The number of rotatable bonds is 11. The van der Waals surface area contributed by atoms with Crippen LogP contribution in [0.1, 0.15) is 64.6 Å². The molecule has 0 radical (unpaired) electrons. The lowest BCUT2D eigenvalue weighted by Gasteiger charge is -2.47. The summed E-state index contributed by atoms with van der Waals surface area (Å²) in [6.07, 6.45) is 5.84. The molecule has 7 heterocycles. The molecule has 14 nitrogen and oxygen atoms in total. The molecule has 3 aromatic carbocycles. The van der Waals surface area contributed by atoms with Crippen LogP contribution in [0.15, 0.2) is 78.6 Å². The van der Waals surface area contributed by atoms with Gasteiger partial charge in [0.1, 0.15) is 11.9 Å². The highest BCUT2D eigenvalue weighted by Gasteiger charge is 2.48. The van der Waals surface area contributed by atoms with Crippen molar-refractivity contribution in [1.29, 1.82) is 0 Å². The molecular formula is C46H47F3N10O4S. The Kier molecular flexibility index (Phi) is 11.2. The second kappa shape index (κ2) is 17.1. The van der Waals surface area contributed by atoms with E-state index in [-0.39, 0.29) is 42.3 Å². The van der Waals surface area contributed by atoms with E-state index in [4.69, 9.17) is 0 Å². The Labute approximate surface area is 371 Å². The maximum absolute atomic E-state index is 16.0. The SMILES string of the molecule is O=C1CCC(Nc2ccccc2CN2CCN(C3CCN(c4ccc(-c5cc(F)c6c(c5)C(=O)N(C(C(=O)Nc5nccs5)c5ncn7c5CCC7)C6)cc4)CC3(F)F)CC2)C(=O)N1. The molecule has 64 heavy (non-hydrogen) atoms. The molecule has 5 aliphatic rings. The predicted octanol–water partition coefficient (Wildman–Crippen LogP) is 5.68. The Morgan fingerprint density at radius 3 is 2.52 bits per heavy atom. The van der Waals surface area contributed by atoms with Crippen LogP contribution < -0.4 is 20.9 Å². The van der Waals surface area contributed by atoms with Crippen LogP contribution in [0, 0.1) is 5.82 Å². The summed E-state index contributed by atoms with van der Waals surface area (Å²) in [5.74, 6) is -5.11. The Balaban J connectivity index is 0.775. The molecule has 332 valence electrons. The number of nitrogens with one attached hydrogen (secondary N) is 3. The first kappa shape index (κ1) is 41.9. The first-order chi connectivity index (χ1) is 31.0. The normalized spacial score (nSPS) is 21.7. The number of hydrogen-bond donors (Lipinski definition) is 3. The monoisotopic (exact) mass is 892 g/mol. The first-order valence-corrected chi connectivity index (χ1v) is 22.6. The molecule has 3 fully saturated rings. The number of piperidine rings is 2. The third kappa shape index (κ3) is 8.13. The number of para-hydroxylation sites is 1. The van der Waals surface area contributed by atoms with E-state index < -0.39 is 48.2 Å². The molecule has 18 heteroatoms. The number of aromatic nitrogens is 3. The number of halogens is 3. The average Bonchev–Trinajstić information content (AvgIpc) is 4.11. The van der Waals surface area contributed by atoms with Gasteiger partial charge in [0.15, 0.2) is 11.2 Å². The molecule has 0 saturated carbocycles. The fourth-order valence-electron chi connectivity index (χ4n) is 9.92. The predicted molar refractivity (Wildman–Crippen MR) is 234 cm³/mol. The lowest BCUT2D eigenvalue weighted by Crippen LogP contribution is -2.61. The summed E-state index contributed by atoms with van der Waals surface area (Å²) in [5.41, 5.74) is 5.24. The van der Waals surface area contributed by atoms with E-state index in [1.165, 1.54) is 22.3 Å². The van der Waals surface area contributed by atoms with Gasteiger partial charge >= 0.3 is 0 Å². The number of carbonyl (C=O) groups is 4. The number of nitrogens with zero attached hydrogens (tertiary/aromatic N) is 7. The summed E-state index contributed by atoms with van der Waals surface area (Å²) >= 11 is 1.25. The summed E-state index contributed by atoms with van der Waals surface area (Å²) < 4.78 is 50.0. The van der Waals surface area contributed by atoms with Crippen LogP contribution in [0.4, 0.5) is 29.7 Å². The Morgan fingerprint density at radius 2 is 1.75 bits per heavy atom. The van der Waals surface area contributed by atoms with Crippen LogP contribution in [-0.4, -0.2) is 110 Å². The lowest BCUT2D eigenvalue weighted by atomic mass is 9.96. The van der Waals surface area contributed by atoms with Gasteiger partial charge in [-0.05, 0) is 72.7 Å².